The van der Waals surface area contributed by atoms with Gasteiger partial charge in [0.25, 0.3) is 5.56 Å². The first-order valence-electron chi connectivity index (χ1n) is 3.68. The highest BCUT2D eigenvalue weighted by molar-refractivity contribution is 5.88. The van der Waals surface area contributed by atoms with Crippen molar-refractivity contribution in [3.8, 4) is 0 Å². The number of ether oxygens (including phenoxy) is 1. The molecule has 0 aliphatic heterocycles. The van der Waals surface area contributed by atoms with Crippen LogP contribution in [0.1, 0.15) is 10.4 Å². The van der Waals surface area contributed by atoms with Crippen molar-refractivity contribution in [3.63, 3.8) is 0 Å². The molecule has 0 radical (unpaired) electrons. The molecule has 5 heteroatoms. The molecule has 0 bridgehead atoms. The number of esters is 1. The van der Waals surface area contributed by atoms with Gasteiger partial charge in [0.1, 0.15) is 0 Å². The Hall–Kier alpha value is -1.62. The molecule has 0 aromatic carbocycles. The van der Waals surface area contributed by atoms with E-state index in [2.05, 4.69) is 4.74 Å². The molecular weight excluding hydrogens is 172 g/mol. The zero-order chi connectivity index (χ0) is 9.84. The van der Waals surface area contributed by atoms with Crippen molar-refractivity contribution in [2.24, 2.45) is 5.73 Å². The van der Waals surface area contributed by atoms with Crippen molar-refractivity contribution in [1.82, 2.24) is 4.57 Å². The summed E-state index contributed by atoms with van der Waals surface area (Å²) < 4.78 is 5.71. The molecule has 70 valence electrons. The van der Waals surface area contributed by atoms with E-state index in [1.54, 1.807) is 0 Å². The third-order valence-corrected chi connectivity index (χ3v) is 1.60. The number of rotatable bonds is 2. The van der Waals surface area contributed by atoms with Gasteiger partial charge in [0.2, 0.25) is 0 Å². The first-order chi connectivity index (χ1) is 6.19. The third kappa shape index (κ3) is 1.94. The van der Waals surface area contributed by atoms with Crippen molar-refractivity contribution in [3.05, 3.63) is 34.2 Å². The largest absolute Gasteiger partial charge is 0.465 e. The molecule has 0 aliphatic rings. The lowest BCUT2D eigenvalue weighted by atomic mass is 10.3. The molecule has 13 heavy (non-hydrogen) atoms. The molecule has 0 atom stereocenters. The summed E-state index contributed by atoms with van der Waals surface area (Å²) in [4.78, 5) is 22.1. The van der Waals surface area contributed by atoms with Gasteiger partial charge in [-0.05, 0) is 6.07 Å². The van der Waals surface area contributed by atoms with E-state index >= 15 is 0 Å². The van der Waals surface area contributed by atoms with Gasteiger partial charge in [0.05, 0.1) is 19.3 Å². The Kier molecular flexibility index (Phi) is 2.81. The summed E-state index contributed by atoms with van der Waals surface area (Å²) in [5.74, 6) is -0.484. The highest BCUT2D eigenvalue weighted by atomic mass is 16.5. The summed E-state index contributed by atoms with van der Waals surface area (Å²) in [6.07, 6.45) is 1.37. The molecule has 1 heterocycles. The second kappa shape index (κ2) is 3.86. The zero-order valence-electron chi connectivity index (χ0n) is 7.19. The van der Waals surface area contributed by atoms with Gasteiger partial charge in [-0.15, -0.1) is 0 Å². The maximum Gasteiger partial charge on any atom is 0.339 e. The molecule has 0 spiro atoms. The minimum absolute atomic E-state index is 0.0453. The van der Waals surface area contributed by atoms with Gasteiger partial charge in [-0.1, -0.05) is 0 Å². The van der Waals surface area contributed by atoms with Gasteiger partial charge in [-0.3, -0.25) is 4.79 Å². The number of nitrogens with zero attached hydrogens (tertiary/aromatic N) is 1. The number of carbonyl (C=O) groups is 1. The van der Waals surface area contributed by atoms with Crippen LogP contribution in [-0.4, -0.2) is 17.6 Å². The average molecular weight is 182 g/mol. The second-order valence-corrected chi connectivity index (χ2v) is 2.40. The molecule has 0 unspecified atom stereocenters. The highest BCUT2D eigenvalue weighted by Crippen LogP contribution is 1.96. The summed E-state index contributed by atoms with van der Waals surface area (Å²) in [7, 11) is 1.28. The van der Waals surface area contributed by atoms with Crippen molar-refractivity contribution >= 4 is 5.97 Å². The SMILES string of the molecule is COC(=O)c1ccc(=O)n(CN)c1. The van der Waals surface area contributed by atoms with E-state index in [0.717, 1.165) is 0 Å². The minimum atomic E-state index is -0.484. The first-order valence-corrected chi connectivity index (χ1v) is 3.68. The number of hydrogen-bond donors (Lipinski definition) is 1. The Morgan fingerprint density at radius 1 is 1.62 bits per heavy atom. The lowest BCUT2D eigenvalue weighted by Gasteiger charge is -2.03. The maximum atomic E-state index is 11.0. The van der Waals surface area contributed by atoms with Gasteiger partial charge in [0, 0.05) is 12.3 Å². The Balaban J connectivity index is 3.13. The van der Waals surface area contributed by atoms with Crippen LogP contribution in [0.15, 0.2) is 23.1 Å². The fourth-order valence-corrected chi connectivity index (χ4v) is 0.913. The number of pyridine rings is 1. The van der Waals surface area contributed by atoms with Crippen LogP contribution >= 0.6 is 0 Å². The fourth-order valence-electron chi connectivity index (χ4n) is 0.913. The average Bonchev–Trinajstić information content (AvgIpc) is 2.17. The molecule has 1 aromatic heterocycles. The number of hydrogen-bond acceptors (Lipinski definition) is 4. The van der Waals surface area contributed by atoms with Crippen LogP contribution in [0.4, 0.5) is 0 Å². The number of carbonyl (C=O) groups excluding carboxylic acids is 1. The van der Waals surface area contributed by atoms with E-state index in [0.29, 0.717) is 5.56 Å². The molecule has 1 rings (SSSR count). The lowest BCUT2D eigenvalue weighted by Crippen LogP contribution is -2.24. The highest BCUT2D eigenvalue weighted by Gasteiger charge is 2.05. The molecule has 0 saturated carbocycles. The van der Waals surface area contributed by atoms with Gasteiger partial charge < -0.3 is 15.0 Å². The molecule has 0 fully saturated rings. The molecule has 0 aliphatic carbocycles. The Morgan fingerprint density at radius 2 is 2.31 bits per heavy atom. The quantitative estimate of drug-likeness (QED) is 0.629. The van der Waals surface area contributed by atoms with Gasteiger partial charge in [0.15, 0.2) is 0 Å². The monoisotopic (exact) mass is 182 g/mol. The Morgan fingerprint density at radius 3 is 2.85 bits per heavy atom. The van der Waals surface area contributed by atoms with E-state index in [1.165, 1.54) is 30.0 Å². The van der Waals surface area contributed by atoms with Crippen LogP contribution in [0.3, 0.4) is 0 Å². The van der Waals surface area contributed by atoms with Crippen LogP contribution in [0, 0.1) is 0 Å². The molecule has 0 amide bonds. The smallest absolute Gasteiger partial charge is 0.339 e. The van der Waals surface area contributed by atoms with Gasteiger partial charge >= 0.3 is 5.97 Å². The maximum absolute atomic E-state index is 11.0. The summed E-state index contributed by atoms with van der Waals surface area (Å²) >= 11 is 0. The number of nitrogens with two attached hydrogens (primary N) is 1. The molecule has 0 saturated heterocycles. The lowest BCUT2D eigenvalue weighted by molar-refractivity contribution is 0.0599. The Bertz CT molecular complexity index is 370. The predicted molar refractivity (Wildman–Crippen MR) is 46.2 cm³/mol. The van der Waals surface area contributed by atoms with Gasteiger partial charge in [-0.25, -0.2) is 4.79 Å². The van der Waals surface area contributed by atoms with Crippen LogP contribution in [0.25, 0.3) is 0 Å². The number of aromatic nitrogens is 1. The molecule has 1 aromatic rings. The predicted octanol–water partition coefficient (Wildman–Crippen LogP) is -0.449. The van der Waals surface area contributed by atoms with Crippen molar-refractivity contribution in [2.45, 2.75) is 6.67 Å². The Labute approximate surface area is 74.7 Å². The van der Waals surface area contributed by atoms with E-state index < -0.39 is 5.97 Å². The van der Waals surface area contributed by atoms with Gasteiger partial charge in [-0.2, -0.15) is 0 Å². The van der Waals surface area contributed by atoms with Crippen LogP contribution in [0.2, 0.25) is 0 Å². The minimum Gasteiger partial charge on any atom is -0.465 e. The van der Waals surface area contributed by atoms with E-state index in [1.807, 2.05) is 0 Å². The number of methoxy groups -OCH3 is 1. The van der Waals surface area contributed by atoms with E-state index in [-0.39, 0.29) is 12.2 Å². The van der Waals surface area contributed by atoms with E-state index in [4.69, 9.17) is 5.73 Å². The summed E-state index contributed by atoms with van der Waals surface area (Å²) in [6, 6.07) is 2.68. The topological polar surface area (TPSA) is 74.3 Å². The molecule has 2 N–H and O–H groups in total. The van der Waals surface area contributed by atoms with Crippen molar-refractivity contribution in [2.75, 3.05) is 7.11 Å². The second-order valence-electron chi connectivity index (χ2n) is 2.40. The third-order valence-electron chi connectivity index (χ3n) is 1.60. The standard InChI is InChI=1S/C8H10N2O3/c1-13-8(12)6-2-3-7(11)10(4-6)5-9/h2-4H,5,9H2,1H3. The summed E-state index contributed by atoms with van der Waals surface area (Å²) in [6.45, 7) is 0.0453. The fraction of sp³-hybridized carbons (Fsp3) is 0.250. The zero-order valence-corrected chi connectivity index (χ0v) is 7.19. The van der Waals surface area contributed by atoms with Crippen LogP contribution in [0.5, 0.6) is 0 Å². The van der Waals surface area contributed by atoms with E-state index in [9.17, 15) is 9.59 Å². The molecule has 5 nitrogen and oxygen atoms in total. The normalized spacial score (nSPS) is 9.69. The van der Waals surface area contributed by atoms with Crippen LogP contribution < -0.4 is 11.3 Å². The summed E-state index contributed by atoms with van der Waals surface area (Å²) in [5, 5.41) is 0. The summed E-state index contributed by atoms with van der Waals surface area (Å²) in [5.41, 5.74) is 5.34. The molecular formula is C8H10N2O3. The van der Waals surface area contributed by atoms with Crippen molar-refractivity contribution < 1.29 is 9.53 Å². The van der Waals surface area contributed by atoms with Crippen molar-refractivity contribution in [1.29, 1.82) is 0 Å². The first kappa shape index (κ1) is 9.47. The van der Waals surface area contributed by atoms with Crippen LogP contribution in [-0.2, 0) is 11.4 Å².